The third-order valence-corrected chi connectivity index (χ3v) is 3.17. The van der Waals surface area contributed by atoms with Gasteiger partial charge >= 0.3 is 5.97 Å². The zero-order chi connectivity index (χ0) is 13.0. The van der Waals surface area contributed by atoms with Gasteiger partial charge in [0.2, 0.25) is 5.91 Å². The molecule has 0 bridgehead atoms. The molecule has 1 amide bonds. The summed E-state index contributed by atoms with van der Waals surface area (Å²) in [5.41, 5.74) is 0. The van der Waals surface area contributed by atoms with Gasteiger partial charge < -0.3 is 14.7 Å². The Morgan fingerprint density at radius 2 is 2.12 bits per heavy atom. The number of amides is 1. The summed E-state index contributed by atoms with van der Waals surface area (Å²) in [6.45, 7) is 6.59. The predicted octanol–water partition coefficient (Wildman–Crippen LogP) is 1.12. The monoisotopic (exact) mass is 243 g/mol. The third kappa shape index (κ3) is 3.70. The Hall–Kier alpha value is -1.10. The highest BCUT2D eigenvalue weighted by Crippen LogP contribution is 2.23. The molecule has 0 spiro atoms. The fourth-order valence-electron chi connectivity index (χ4n) is 2.11. The first kappa shape index (κ1) is 14.0. The van der Waals surface area contributed by atoms with Gasteiger partial charge in [-0.25, -0.2) is 0 Å². The average molecular weight is 243 g/mol. The number of carboxylic acids is 1. The molecule has 0 radical (unpaired) electrons. The van der Waals surface area contributed by atoms with Crippen LogP contribution in [0.3, 0.4) is 0 Å². The Kier molecular flexibility index (Phi) is 4.93. The number of nitrogens with zero attached hydrogens (tertiary/aromatic N) is 1. The van der Waals surface area contributed by atoms with Gasteiger partial charge in [-0.05, 0) is 27.2 Å². The van der Waals surface area contributed by atoms with Gasteiger partial charge in [-0.2, -0.15) is 0 Å². The zero-order valence-corrected chi connectivity index (χ0v) is 10.7. The summed E-state index contributed by atoms with van der Waals surface area (Å²) in [5.74, 6) is -0.975. The smallest absolute Gasteiger partial charge is 0.305 e. The van der Waals surface area contributed by atoms with E-state index in [-0.39, 0.29) is 36.9 Å². The van der Waals surface area contributed by atoms with E-state index in [9.17, 15) is 9.59 Å². The molecule has 1 rings (SSSR count). The maximum atomic E-state index is 12.3. The van der Waals surface area contributed by atoms with Crippen molar-refractivity contribution in [3.63, 3.8) is 0 Å². The highest BCUT2D eigenvalue weighted by atomic mass is 16.5. The summed E-state index contributed by atoms with van der Waals surface area (Å²) in [6, 6.07) is 0.0228. The Morgan fingerprint density at radius 1 is 1.47 bits per heavy atom. The largest absolute Gasteiger partial charge is 0.481 e. The summed E-state index contributed by atoms with van der Waals surface area (Å²) >= 11 is 0. The third-order valence-electron chi connectivity index (χ3n) is 3.17. The molecule has 98 valence electrons. The number of rotatable bonds is 5. The minimum Gasteiger partial charge on any atom is -0.481 e. The molecule has 5 heteroatoms. The van der Waals surface area contributed by atoms with Crippen molar-refractivity contribution in [3.8, 4) is 0 Å². The highest BCUT2D eigenvalue weighted by molar-refractivity contribution is 5.80. The maximum Gasteiger partial charge on any atom is 0.305 e. The Labute approximate surface area is 102 Å². The van der Waals surface area contributed by atoms with Crippen molar-refractivity contribution in [2.24, 2.45) is 5.92 Å². The molecule has 1 fully saturated rings. The molecule has 2 unspecified atom stereocenters. The van der Waals surface area contributed by atoms with Crippen LogP contribution in [0.4, 0.5) is 0 Å². The van der Waals surface area contributed by atoms with Gasteiger partial charge in [-0.1, -0.05) is 0 Å². The van der Waals surface area contributed by atoms with Crippen LogP contribution >= 0.6 is 0 Å². The van der Waals surface area contributed by atoms with Gasteiger partial charge in [0.1, 0.15) is 0 Å². The first-order chi connectivity index (χ1) is 7.93. The van der Waals surface area contributed by atoms with Crippen LogP contribution in [0.15, 0.2) is 0 Å². The van der Waals surface area contributed by atoms with Crippen LogP contribution < -0.4 is 0 Å². The second-order valence-electron chi connectivity index (χ2n) is 4.74. The molecule has 17 heavy (non-hydrogen) atoms. The van der Waals surface area contributed by atoms with Gasteiger partial charge in [0.15, 0.2) is 0 Å². The van der Waals surface area contributed by atoms with E-state index in [0.29, 0.717) is 6.61 Å². The van der Waals surface area contributed by atoms with E-state index in [0.717, 1.165) is 6.42 Å². The standard InChI is InChI=1S/C12H21NO4/c1-8(2)13(6-4-11(14)15)12(16)10-5-7-17-9(10)3/h8-10H,4-7H2,1-3H3,(H,14,15). The van der Waals surface area contributed by atoms with Crippen molar-refractivity contribution >= 4 is 11.9 Å². The number of aliphatic carboxylic acids is 1. The number of ether oxygens (including phenoxy) is 1. The van der Waals surface area contributed by atoms with E-state index in [1.807, 2.05) is 20.8 Å². The van der Waals surface area contributed by atoms with Crippen LogP contribution in [0.2, 0.25) is 0 Å². The minimum atomic E-state index is -0.876. The lowest BCUT2D eigenvalue weighted by molar-refractivity contribution is -0.141. The molecule has 1 aliphatic heterocycles. The number of carbonyl (C=O) groups excluding carboxylic acids is 1. The van der Waals surface area contributed by atoms with Crippen LogP contribution in [0, 0.1) is 5.92 Å². The second kappa shape index (κ2) is 6.00. The molecular formula is C12H21NO4. The first-order valence-corrected chi connectivity index (χ1v) is 6.07. The average Bonchev–Trinajstić information content (AvgIpc) is 2.63. The highest BCUT2D eigenvalue weighted by Gasteiger charge is 2.34. The molecular weight excluding hydrogens is 222 g/mol. The molecule has 1 N–H and O–H groups in total. The summed E-state index contributed by atoms with van der Waals surface area (Å²) in [6.07, 6.45) is 0.663. The van der Waals surface area contributed by atoms with E-state index >= 15 is 0 Å². The number of hydrogen-bond acceptors (Lipinski definition) is 3. The first-order valence-electron chi connectivity index (χ1n) is 6.07. The number of carbonyl (C=O) groups is 2. The molecule has 0 saturated carbocycles. The maximum absolute atomic E-state index is 12.3. The quantitative estimate of drug-likeness (QED) is 0.785. The van der Waals surface area contributed by atoms with Crippen LogP contribution in [0.1, 0.15) is 33.6 Å². The second-order valence-corrected chi connectivity index (χ2v) is 4.74. The van der Waals surface area contributed by atoms with Gasteiger partial charge in [0.05, 0.1) is 18.4 Å². The molecule has 1 heterocycles. The lowest BCUT2D eigenvalue weighted by atomic mass is 10.00. The zero-order valence-electron chi connectivity index (χ0n) is 10.7. The number of hydrogen-bond donors (Lipinski definition) is 1. The van der Waals surface area contributed by atoms with Crippen molar-refractivity contribution in [1.82, 2.24) is 4.90 Å². The molecule has 2 atom stereocenters. The molecule has 0 aromatic carbocycles. The Balaban J connectivity index is 2.63. The van der Waals surface area contributed by atoms with Crippen molar-refractivity contribution in [2.75, 3.05) is 13.2 Å². The SMILES string of the molecule is CC1OCCC1C(=O)N(CCC(=O)O)C(C)C. The van der Waals surface area contributed by atoms with E-state index < -0.39 is 5.97 Å². The van der Waals surface area contributed by atoms with E-state index in [1.54, 1.807) is 4.90 Å². The van der Waals surface area contributed by atoms with Gasteiger partial charge in [-0.15, -0.1) is 0 Å². The molecule has 1 aliphatic rings. The van der Waals surface area contributed by atoms with Crippen molar-refractivity contribution < 1.29 is 19.4 Å². The van der Waals surface area contributed by atoms with E-state index in [4.69, 9.17) is 9.84 Å². The normalized spacial score (nSPS) is 24.0. The Morgan fingerprint density at radius 3 is 2.53 bits per heavy atom. The summed E-state index contributed by atoms with van der Waals surface area (Å²) in [7, 11) is 0. The summed E-state index contributed by atoms with van der Waals surface area (Å²) in [5, 5.41) is 8.68. The Bertz CT molecular complexity index is 290. The van der Waals surface area contributed by atoms with E-state index in [2.05, 4.69) is 0 Å². The molecule has 5 nitrogen and oxygen atoms in total. The summed E-state index contributed by atoms with van der Waals surface area (Å²) in [4.78, 5) is 24.5. The van der Waals surface area contributed by atoms with Crippen molar-refractivity contribution in [2.45, 2.75) is 45.8 Å². The fourth-order valence-corrected chi connectivity index (χ4v) is 2.11. The van der Waals surface area contributed by atoms with Crippen molar-refractivity contribution in [1.29, 1.82) is 0 Å². The fraction of sp³-hybridized carbons (Fsp3) is 0.833. The van der Waals surface area contributed by atoms with Crippen LogP contribution in [0.5, 0.6) is 0 Å². The van der Waals surface area contributed by atoms with Gasteiger partial charge in [-0.3, -0.25) is 9.59 Å². The van der Waals surface area contributed by atoms with Gasteiger partial charge in [0.25, 0.3) is 0 Å². The van der Waals surface area contributed by atoms with Crippen LogP contribution in [-0.2, 0) is 14.3 Å². The molecule has 0 aliphatic carbocycles. The molecule has 1 saturated heterocycles. The molecule has 0 aromatic rings. The van der Waals surface area contributed by atoms with Crippen molar-refractivity contribution in [3.05, 3.63) is 0 Å². The predicted molar refractivity (Wildman–Crippen MR) is 62.6 cm³/mol. The summed E-state index contributed by atoms with van der Waals surface area (Å²) < 4.78 is 5.38. The molecule has 0 aromatic heterocycles. The topological polar surface area (TPSA) is 66.8 Å². The van der Waals surface area contributed by atoms with Crippen LogP contribution in [0.25, 0.3) is 0 Å². The lowest BCUT2D eigenvalue weighted by Gasteiger charge is -2.29. The van der Waals surface area contributed by atoms with E-state index in [1.165, 1.54) is 0 Å². The van der Waals surface area contributed by atoms with Crippen LogP contribution in [-0.4, -0.2) is 47.2 Å². The lowest BCUT2D eigenvalue weighted by Crippen LogP contribution is -2.43. The van der Waals surface area contributed by atoms with Gasteiger partial charge in [0, 0.05) is 19.2 Å². The minimum absolute atomic E-state index is 0.00806. The number of carboxylic acid groups (broad SMARTS) is 1.